The molecule has 1 aliphatic heterocycles. The molecule has 0 amide bonds. The Balaban J connectivity index is 2.38. The van der Waals surface area contributed by atoms with Gasteiger partial charge in [-0.1, -0.05) is 0 Å². The highest BCUT2D eigenvalue weighted by atomic mass is 32.2. The third-order valence-electron chi connectivity index (χ3n) is 3.23. The summed E-state index contributed by atoms with van der Waals surface area (Å²) >= 11 is 1.61. The summed E-state index contributed by atoms with van der Waals surface area (Å²) in [5.74, 6) is 0. The first-order valence-electron chi connectivity index (χ1n) is 6.00. The van der Waals surface area contributed by atoms with Gasteiger partial charge in [0.15, 0.2) is 0 Å². The smallest absolute Gasteiger partial charge is 0.238 e. The normalized spacial score (nSPS) is 23.7. The zero-order chi connectivity index (χ0) is 14.2. The van der Waals surface area contributed by atoms with E-state index < -0.39 is 10.0 Å². The molecule has 0 bridgehead atoms. The summed E-state index contributed by atoms with van der Waals surface area (Å²) in [7, 11) is -3.75. The van der Waals surface area contributed by atoms with Crippen LogP contribution in [0.25, 0.3) is 0 Å². The second-order valence-electron chi connectivity index (χ2n) is 4.71. The van der Waals surface area contributed by atoms with Crippen molar-refractivity contribution in [1.29, 1.82) is 0 Å². The number of nitrogens with two attached hydrogens (primary N) is 2. The Morgan fingerprint density at radius 1 is 1.42 bits per heavy atom. The maximum Gasteiger partial charge on any atom is 0.238 e. The molecule has 1 aromatic rings. The topological polar surface area (TPSA) is 95.4 Å². The monoisotopic (exact) mass is 302 g/mol. The van der Waals surface area contributed by atoms with Gasteiger partial charge >= 0.3 is 0 Å². The van der Waals surface area contributed by atoms with E-state index in [4.69, 9.17) is 15.6 Å². The van der Waals surface area contributed by atoms with E-state index in [0.29, 0.717) is 16.5 Å². The lowest BCUT2D eigenvalue weighted by Crippen LogP contribution is -2.16. The molecular formula is C12H18N2O3S2. The largest absolute Gasteiger partial charge is 0.399 e. The Labute approximate surface area is 117 Å². The molecule has 2 rings (SSSR count). The van der Waals surface area contributed by atoms with E-state index in [1.54, 1.807) is 24.8 Å². The maximum absolute atomic E-state index is 11.5. The molecule has 1 fully saturated rings. The quantitative estimate of drug-likeness (QED) is 0.825. The molecule has 0 aromatic heterocycles. The fourth-order valence-electron chi connectivity index (χ4n) is 2.13. The minimum atomic E-state index is -3.75. The molecule has 1 saturated heterocycles. The molecule has 19 heavy (non-hydrogen) atoms. The number of sulfonamides is 1. The predicted molar refractivity (Wildman–Crippen MR) is 76.6 cm³/mol. The molecule has 0 spiro atoms. The molecule has 1 aliphatic rings. The van der Waals surface area contributed by atoms with Crippen LogP contribution in [0.3, 0.4) is 0 Å². The number of rotatable bonds is 3. The summed E-state index contributed by atoms with van der Waals surface area (Å²) in [5, 5.41) is 5.53. The van der Waals surface area contributed by atoms with Crippen molar-refractivity contribution in [2.24, 2.45) is 5.14 Å². The molecule has 2 atom stereocenters. The van der Waals surface area contributed by atoms with Crippen LogP contribution < -0.4 is 10.9 Å². The van der Waals surface area contributed by atoms with Crippen LogP contribution >= 0.6 is 11.8 Å². The Morgan fingerprint density at radius 2 is 2.11 bits per heavy atom. The van der Waals surface area contributed by atoms with E-state index in [2.05, 4.69) is 0 Å². The molecule has 0 aliphatic carbocycles. The van der Waals surface area contributed by atoms with Crippen molar-refractivity contribution in [2.45, 2.75) is 41.4 Å². The molecule has 106 valence electrons. The third kappa shape index (κ3) is 3.22. The number of ether oxygens (including phenoxy) is 1. The van der Waals surface area contributed by atoms with Crippen molar-refractivity contribution in [3.8, 4) is 0 Å². The number of hydrogen-bond donors (Lipinski definition) is 2. The zero-order valence-electron chi connectivity index (χ0n) is 10.9. The van der Waals surface area contributed by atoms with E-state index in [9.17, 15) is 8.42 Å². The highest BCUT2D eigenvalue weighted by molar-refractivity contribution is 8.00. The van der Waals surface area contributed by atoms with Gasteiger partial charge in [0, 0.05) is 22.4 Å². The van der Waals surface area contributed by atoms with E-state index in [1.807, 2.05) is 6.92 Å². The standard InChI is InChI=1S/C12H18N2O3S2/c1-7-11(18-10-3-4-17-8(10)2)5-9(13)6-12(7)19(14,15)16/h5-6,8,10H,3-4,13H2,1-2H3,(H2,14,15,16). The summed E-state index contributed by atoms with van der Waals surface area (Å²) in [6.45, 7) is 4.51. The Morgan fingerprint density at radius 3 is 2.63 bits per heavy atom. The van der Waals surface area contributed by atoms with E-state index in [0.717, 1.165) is 17.9 Å². The lowest BCUT2D eigenvalue weighted by Gasteiger charge is -2.17. The van der Waals surface area contributed by atoms with Crippen molar-refractivity contribution in [3.63, 3.8) is 0 Å². The Bertz CT molecular complexity index is 587. The number of thioether (sulfide) groups is 1. The summed E-state index contributed by atoms with van der Waals surface area (Å²) in [6, 6.07) is 3.20. The van der Waals surface area contributed by atoms with E-state index in [-0.39, 0.29) is 11.0 Å². The fourth-order valence-corrected chi connectivity index (χ4v) is 4.33. The molecular weight excluding hydrogens is 284 g/mol. The van der Waals surface area contributed by atoms with Gasteiger partial charge in [-0.25, -0.2) is 13.6 Å². The SMILES string of the molecule is Cc1c(SC2CCOC2C)cc(N)cc1S(N)(=O)=O. The van der Waals surface area contributed by atoms with Crippen molar-refractivity contribution in [2.75, 3.05) is 12.3 Å². The van der Waals surface area contributed by atoms with Crippen LogP contribution in [0.4, 0.5) is 5.69 Å². The van der Waals surface area contributed by atoms with Gasteiger partial charge in [0.05, 0.1) is 11.0 Å². The van der Waals surface area contributed by atoms with Crippen molar-refractivity contribution in [1.82, 2.24) is 0 Å². The van der Waals surface area contributed by atoms with Crippen LogP contribution in [0.2, 0.25) is 0 Å². The maximum atomic E-state index is 11.5. The van der Waals surface area contributed by atoms with Gasteiger partial charge in [0.1, 0.15) is 0 Å². The molecule has 4 N–H and O–H groups in total. The first-order chi connectivity index (χ1) is 8.79. The third-order valence-corrected chi connectivity index (χ3v) is 5.86. The molecule has 5 nitrogen and oxygen atoms in total. The summed E-state index contributed by atoms with van der Waals surface area (Å²) < 4.78 is 28.6. The van der Waals surface area contributed by atoms with Gasteiger partial charge in [0.25, 0.3) is 0 Å². The van der Waals surface area contributed by atoms with Gasteiger partial charge < -0.3 is 10.5 Å². The van der Waals surface area contributed by atoms with E-state index in [1.165, 1.54) is 6.07 Å². The van der Waals surface area contributed by atoms with Gasteiger partial charge in [-0.15, -0.1) is 11.8 Å². The van der Waals surface area contributed by atoms with Gasteiger partial charge in [-0.2, -0.15) is 0 Å². The van der Waals surface area contributed by atoms with Crippen molar-refractivity contribution < 1.29 is 13.2 Å². The second-order valence-corrected chi connectivity index (χ2v) is 7.52. The minimum absolute atomic E-state index is 0.0987. The predicted octanol–water partition coefficient (Wildman–Crippen LogP) is 1.49. The average molecular weight is 302 g/mol. The lowest BCUT2D eigenvalue weighted by atomic mass is 10.2. The van der Waals surface area contributed by atoms with Crippen LogP contribution in [-0.4, -0.2) is 26.4 Å². The molecule has 7 heteroatoms. The first-order valence-corrected chi connectivity index (χ1v) is 8.43. The average Bonchev–Trinajstić information content (AvgIpc) is 2.68. The summed E-state index contributed by atoms with van der Waals surface area (Å²) in [4.78, 5) is 0.952. The van der Waals surface area contributed by atoms with Gasteiger partial charge in [-0.3, -0.25) is 0 Å². The molecule has 2 unspecified atom stereocenters. The van der Waals surface area contributed by atoms with E-state index >= 15 is 0 Å². The molecule has 1 heterocycles. The zero-order valence-corrected chi connectivity index (χ0v) is 12.6. The number of hydrogen-bond acceptors (Lipinski definition) is 5. The highest BCUT2D eigenvalue weighted by Crippen LogP contribution is 2.37. The first kappa shape index (κ1) is 14.6. The van der Waals surface area contributed by atoms with Crippen LogP contribution in [0.15, 0.2) is 21.9 Å². The van der Waals surface area contributed by atoms with Crippen LogP contribution in [0.1, 0.15) is 18.9 Å². The van der Waals surface area contributed by atoms with Crippen LogP contribution in [0, 0.1) is 6.92 Å². The molecule has 0 saturated carbocycles. The van der Waals surface area contributed by atoms with Crippen molar-refractivity contribution >= 4 is 27.5 Å². The number of anilines is 1. The Hall–Kier alpha value is -0.760. The number of nitrogen functional groups attached to an aromatic ring is 1. The summed E-state index contributed by atoms with van der Waals surface area (Å²) in [6.07, 6.45) is 1.11. The second kappa shape index (κ2) is 5.32. The minimum Gasteiger partial charge on any atom is -0.399 e. The summed E-state index contributed by atoms with van der Waals surface area (Å²) in [5.41, 5.74) is 6.83. The van der Waals surface area contributed by atoms with Crippen LogP contribution in [0.5, 0.6) is 0 Å². The van der Waals surface area contributed by atoms with Gasteiger partial charge in [-0.05, 0) is 38.0 Å². The Kier molecular flexibility index (Phi) is 4.10. The van der Waals surface area contributed by atoms with Gasteiger partial charge in [0.2, 0.25) is 10.0 Å². The number of primary sulfonamides is 1. The molecule has 0 radical (unpaired) electrons. The lowest BCUT2D eigenvalue weighted by molar-refractivity contribution is 0.127. The van der Waals surface area contributed by atoms with Crippen molar-refractivity contribution in [3.05, 3.63) is 17.7 Å². The fraction of sp³-hybridized carbons (Fsp3) is 0.500. The number of benzene rings is 1. The van der Waals surface area contributed by atoms with Crippen LogP contribution in [-0.2, 0) is 14.8 Å². The highest BCUT2D eigenvalue weighted by Gasteiger charge is 2.26. The molecule has 1 aromatic carbocycles.